The fourth-order valence-corrected chi connectivity index (χ4v) is 2.77. The molecule has 2 N–H and O–H groups in total. The van der Waals surface area contributed by atoms with E-state index in [9.17, 15) is 0 Å². The first-order chi connectivity index (χ1) is 8.19. The molecule has 0 saturated carbocycles. The predicted octanol–water partition coefficient (Wildman–Crippen LogP) is 3.40. The van der Waals surface area contributed by atoms with Gasteiger partial charge in [-0.3, -0.25) is 0 Å². The summed E-state index contributed by atoms with van der Waals surface area (Å²) in [6.07, 6.45) is 3.54. The van der Waals surface area contributed by atoms with Gasteiger partial charge < -0.3 is 10.6 Å². The summed E-state index contributed by atoms with van der Waals surface area (Å²) < 4.78 is 1.14. The minimum absolute atomic E-state index is 0.380. The van der Waals surface area contributed by atoms with Gasteiger partial charge in [0, 0.05) is 29.3 Å². The van der Waals surface area contributed by atoms with Gasteiger partial charge in [0.15, 0.2) is 0 Å². The van der Waals surface area contributed by atoms with Gasteiger partial charge in [-0.25, -0.2) is 0 Å². The number of nitrogens with two attached hydrogens (primary N) is 1. The molecule has 2 atom stereocenters. The summed E-state index contributed by atoms with van der Waals surface area (Å²) in [6.45, 7) is 4.50. The van der Waals surface area contributed by atoms with Crippen LogP contribution in [0.25, 0.3) is 0 Å². The van der Waals surface area contributed by atoms with Crippen molar-refractivity contribution in [2.45, 2.75) is 32.2 Å². The van der Waals surface area contributed by atoms with Crippen molar-refractivity contribution >= 4 is 21.6 Å². The zero-order valence-corrected chi connectivity index (χ0v) is 12.0. The van der Waals surface area contributed by atoms with Gasteiger partial charge in [-0.1, -0.05) is 22.9 Å². The molecule has 1 aliphatic rings. The molecule has 1 fully saturated rings. The maximum atomic E-state index is 6.03. The topological polar surface area (TPSA) is 29.3 Å². The molecule has 94 valence electrons. The average molecular weight is 297 g/mol. The lowest BCUT2D eigenvalue weighted by Crippen LogP contribution is -2.25. The minimum atomic E-state index is 0.380. The highest BCUT2D eigenvalue weighted by Crippen LogP contribution is 2.27. The van der Waals surface area contributed by atoms with Gasteiger partial charge >= 0.3 is 0 Å². The number of nitrogens with zero attached hydrogens (tertiary/aromatic N) is 1. The number of hydrogen-bond acceptors (Lipinski definition) is 2. The van der Waals surface area contributed by atoms with Gasteiger partial charge in [0.05, 0.1) is 0 Å². The summed E-state index contributed by atoms with van der Waals surface area (Å²) in [6, 6.07) is 8.98. The van der Waals surface area contributed by atoms with Gasteiger partial charge in [-0.15, -0.1) is 0 Å². The fourth-order valence-electron chi connectivity index (χ4n) is 2.51. The number of anilines is 1. The lowest BCUT2D eigenvalue weighted by Gasteiger charge is -2.19. The van der Waals surface area contributed by atoms with Crippen LogP contribution in [-0.2, 0) is 0 Å². The van der Waals surface area contributed by atoms with Crippen LogP contribution in [0.4, 0.5) is 5.69 Å². The van der Waals surface area contributed by atoms with Crippen molar-refractivity contribution in [3.8, 4) is 0 Å². The van der Waals surface area contributed by atoms with Crippen LogP contribution in [0.15, 0.2) is 28.7 Å². The van der Waals surface area contributed by atoms with E-state index in [4.69, 9.17) is 5.73 Å². The molecule has 1 heterocycles. The van der Waals surface area contributed by atoms with Crippen LogP contribution in [0.5, 0.6) is 0 Å². The van der Waals surface area contributed by atoms with Crippen molar-refractivity contribution in [1.82, 2.24) is 0 Å². The first kappa shape index (κ1) is 12.9. The Kier molecular flexibility index (Phi) is 4.46. The third kappa shape index (κ3) is 3.46. The molecule has 2 rings (SSSR count). The maximum Gasteiger partial charge on any atom is 0.0367 e. The van der Waals surface area contributed by atoms with E-state index in [1.54, 1.807) is 0 Å². The van der Waals surface area contributed by atoms with E-state index in [-0.39, 0.29) is 0 Å². The van der Waals surface area contributed by atoms with E-state index in [0.29, 0.717) is 6.04 Å². The van der Waals surface area contributed by atoms with Crippen molar-refractivity contribution in [3.05, 3.63) is 28.7 Å². The molecule has 0 radical (unpaired) electrons. The van der Waals surface area contributed by atoms with Crippen LogP contribution < -0.4 is 10.6 Å². The molecule has 0 aliphatic carbocycles. The molecule has 0 bridgehead atoms. The third-order valence-electron chi connectivity index (χ3n) is 3.64. The summed E-state index contributed by atoms with van der Waals surface area (Å²) in [7, 11) is 0. The summed E-state index contributed by atoms with van der Waals surface area (Å²) in [4.78, 5) is 2.47. The first-order valence-corrected chi connectivity index (χ1v) is 7.24. The highest BCUT2D eigenvalue weighted by atomic mass is 79.9. The Bertz CT molecular complexity index is 350. The summed E-state index contributed by atoms with van der Waals surface area (Å²) in [5, 5.41) is 0. The van der Waals surface area contributed by atoms with E-state index >= 15 is 0 Å². The fraction of sp³-hybridized carbons (Fsp3) is 0.571. The van der Waals surface area contributed by atoms with E-state index in [2.05, 4.69) is 52.0 Å². The molecule has 1 aliphatic heterocycles. The quantitative estimate of drug-likeness (QED) is 0.923. The Hall–Kier alpha value is -0.540. The predicted molar refractivity (Wildman–Crippen MR) is 77.3 cm³/mol. The van der Waals surface area contributed by atoms with Crippen LogP contribution >= 0.6 is 15.9 Å². The highest BCUT2D eigenvalue weighted by molar-refractivity contribution is 9.10. The molecular weight excluding hydrogens is 276 g/mol. The molecular formula is C14H21BrN2. The Morgan fingerprint density at radius 2 is 2.12 bits per heavy atom. The molecule has 0 aromatic heterocycles. The van der Waals surface area contributed by atoms with Gasteiger partial charge in [-0.2, -0.15) is 0 Å². The summed E-state index contributed by atoms with van der Waals surface area (Å²) >= 11 is 3.47. The van der Waals surface area contributed by atoms with E-state index in [1.165, 1.54) is 25.1 Å². The van der Waals surface area contributed by atoms with Crippen LogP contribution in [0.3, 0.4) is 0 Å². The number of benzene rings is 1. The Balaban J connectivity index is 1.91. The van der Waals surface area contributed by atoms with Crippen LogP contribution in [0, 0.1) is 5.92 Å². The second-order valence-electron chi connectivity index (χ2n) is 4.98. The summed E-state index contributed by atoms with van der Waals surface area (Å²) in [5.74, 6) is 0.772. The Morgan fingerprint density at radius 3 is 2.76 bits per heavy atom. The average Bonchev–Trinajstić information content (AvgIpc) is 2.78. The Morgan fingerprint density at radius 1 is 1.41 bits per heavy atom. The van der Waals surface area contributed by atoms with Gasteiger partial charge in [-0.05, 0) is 49.4 Å². The number of hydrogen-bond donors (Lipinski definition) is 1. The van der Waals surface area contributed by atoms with Crippen molar-refractivity contribution < 1.29 is 0 Å². The van der Waals surface area contributed by atoms with Gasteiger partial charge in [0.2, 0.25) is 0 Å². The van der Waals surface area contributed by atoms with E-state index in [1.807, 2.05) is 0 Å². The SMILES string of the molecule is CCC(N)CC1CCN(c2ccc(Br)cc2)C1. The second-order valence-corrected chi connectivity index (χ2v) is 5.90. The van der Waals surface area contributed by atoms with Crippen LogP contribution in [-0.4, -0.2) is 19.1 Å². The van der Waals surface area contributed by atoms with E-state index < -0.39 is 0 Å². The maximum absolute atomic E-state index is 6.03. The highest BCUT2D eigenvalue weighted by Gasteiger charge is 2.23. The second kappa shape index (κ2) is 5.87. The molecule has 2 nitrogen and oxygen atoms in total. The normalized spacial score (nSPS) is 21.8. The Labute approximate surface area is 112 Å². The van der Waals surface area contributed by atoms with Crippen LogP contribution in [0.2, 0.25) is 0 Å². The van der Waals surface area contributed by atoms with Gasteiger partial charge in [0.1, 0.15) is 0 Å². The number of halogens is 1. The first-order valence-electron chi connectivity index (χ1n) is 6.45. The van der Waals surface area contributed by atoms with Crippen molar-refractivity contribution in [1.29, 1.82) is 0 Å². The summed E-state index contributed by atoms with van der Waals surface area (Å²) in [5.41, 5.74) is 7.37. The van der Waals surface area contributed by atoms with Crippen molar-refractivity contribution in [2.75, 3.05) is 18.0 Å². The smallest absolute Gasteiger partial charge is 0.0367 e. The molecule has 1 aromatic carbocycles. The molecule has 0 amide bonds. The molecule has 1 aromatic rings. The molecule has 0 spiro atoms. The van der Waals surface area contributed by atoms with Crippen LogP contribution in [0.1, 0.15) is 26.2 Å². The molecule has 17 heavy (non-hydrogen) atoms. The zero-order chi connectivity index (χ0) is 12.3. The lowest BCUT2D eigenvalue weighted by atomic mass is 9.98. The largest absolute Gasteiger partial charge is 0.371 e. The molecule has 3 heteroatoms. The monoisotopic (exact) mass is 296 g/mol. The molecule has 1 saturated heterocycles. The van der Waals surface area contributed by atoms with Crippen molar-refractivity contribution in [2.24, 2.45) is 11.7 Å². The number of rotatable bonds is 4. The van der Waals surface area contributed by atoms with Gasteiger partial charge in [0.25, 0.3) is 0 Å². The minimum Gasteiger partial charge on any atom is -0.371 e. The standard InChI is InChI=1S/C14H21BrN2/c1-2-13(16)9-11-7-8-17(10-11)14-5-3-12(15)4-6-14/h3-6,11,13H,2,7-10,16H2,1H3. The third-order valence-corrected chi connectivity index (χ3v) is 4.17. The van der Waals surface area contributed by atoms with E-state index in [0.717, 1.165) is 23.4 Å². The molecule has 2 unspecified atom stereocenters. The van der Waals surface area contributed by atoms with Crippen molar-refractivity contribution in [3.63, 3.8) is 0 Å². The zero-order valence-electron chi connectivity index (χ0n) is 10.4. The lowest BCUT2D eigenvalue weighted by molar-refractivity contribution is 0.458.